The predicted octanol–water partition coefficient (Wildman–Crippen LogP) is 2.68. The van der Waals surface area contributed by atoms with Crippen LogP contribution in [0.4, 0.5) is 4.39 Å². The second-order valence-electron chi connectivity index (χ2n) is 4.24. The summed E-state index contributed by atoms with van der Waals surface area (Å²) in [5, 5.41) is 0. The first kappa shape index (κ1) is 14.7. The van der Waals surface area contributed by atoms with Gasteiger partial charge in [-0.15, -0.1) is 0 Å². The Morgan fingerprint density at radius 3 is 2.67 bits per heavy atom. The lowest BCUT2D eigenvalue weighted by molar-refractivity contribution is 0.0911. The summed E-state index contributed by atoms with van der Waals surface area (Å²) in [6.45, 7) is 0. The zero-order chi connectivity index (χ0) is 15.2. The van der Waals surface area contributed by atoms with Crippen molar-refractivity contribution in [2.75, 3.05) is 7.11 Å². The molecule has 0 saturated carbocycles. The van der Waals surface area contributed by atoms with Gasteiger partial charge in [-0.25, -0.2) is 9.37 Å². The van der Waals surface area contributed by atoms with Crippen molar-refractivity contribution in [1.29, 1.82) is 0 Å². The fourth-order valence-electron chi connectivity index (χ4n) is 1.83. The first-order chi connectivity index (χ1) is 10.1. The molecule has 1 aromatic heterocycles. The van der Waals surface area contributed by atoms with Crippen LogP contribution in [0.25, 0.3) is 0 Å². The Balaban J connectivity index is 2.05. The Kier molecular flexibility index (Phi) is 4.62. The van der Waals surface area contributed by atoms with Gasteiger partial charge in [0.1, 0.15) is 5.82 Å². The Labute approximate surface area is 121 Å². The average Bonchev–Trinajstić information content (AvgIpc) is 2.52. The molecule has 0 saturated heterocycles. The lowest BCUT2D eigenvalue weighted by Crippen LogP contribution is -2.09. The van der Waals surface area contributed by atoms with Crippen molar-refractivity contribution in [3.05, 3.63) is 59.7 Å². The number of methoxy groups -OCH3 is 1. The molecule has 0 unspecified atom stereocenters. The maximum absolute atomic E-state index is 13.5. The highest BCUT2D eigenvalue weighted by atomic mass is 19.1. The number of ether oxygens (including phenoxy) is 1. The van der Waals surface area contributed by atoms with Crippen LogP contribution in [0, 0.1) is 17.9 Å². The number of ketones is 2. The maximum atomic E-state index is 13.5. The standard InChI is InChI=1S/C16H12FNO3/c1-21-15-7-4-10-18-16(15)14(20)9-8-13(19)11-5-2-3-6-12(11)17/h2-3,5-6,10H,8-9H2,1H3. The molecule has 0 aliphatic rings. The number of hydrogen-bond acceptors (Lipinski definition) is 4. The van der Waals surface area contributed by atoms with Crippen LogP contribution in [0.5, 0.6) is 5.75 Å². The Hall–Kier alpha value is -2.74. The Bertz CT molecular complexity index is 670. The minimum absolute atomic E-state index is 0.0156. The van der Waals surface area contributed by atoms with Crippen LogP contribution < -0.4 is 4.74 Å². The van der Waals surface area contributed by atoms with Gasteiger partial charge in [0, 0.05) is 12.8 Å². The van der Waals surface area contributed by atoms with E-state index in [0.29, 0.717) is 0 Å². The molecule has 0 radical (unpaired) electrons. The van der Waals surface area contributed by atoms with E-state index in [1.165, 1.54) is 31.5 Å². The third-order valence-electron chi connectivity index (χ3n) is 2.88. The van der Waals surface area contributed by atoms with Crippen molar-refractivity contribution < 1.29 is 18.7 Å². The highest BCUT2D eigenvalue weighted by Gasteiger charge is 2.17. The molecule has 2 aromatic rings. The Morgan fingerprint density at radius 1 is 1.24 bits per heavy atom. The van der Waals surface area contributed by atoms with Gasteiger partial charge in [-0.05, 0) is 24.3 Å². The molecule has 2 rings (SSSR count). The molecule has 4 nitrogen and oxygen atoms in total. The topological polar surface area (TPSA) is 56.3 Å². The maximum Gasteiger partial charge on any atom is 0.199 e. The third-order valence-corrected chi connectivity index (χ3v) is 2.88. The average molecular weight is 285 g/mol. The summed E-state index contributed by atoms with van der Waals surface area (Å²) in [5.74, 6) is -1.19. The molecular weight excluding hydrogens is 273 g/mol. The molecule has 0 spiro atoms. The van der Waals surface area contributed by atoms with E-state index in [9.17, 15) is 14.0 Å². The van der Waals surface area contributed by atoms with Gasteiger partial charge < -0.3 is 4.74 Å². The Morgan fingerprint density at radius 2 is 1.95 bits per heavy atom. The number of hydrogen-bond donors (Lipinski definition) is 0. The molecule has 21 heavy (non-hydrogen) atoms. The molecule has 1 heterocycles. The number of rotatable bonds is 6. The third kappa shape index (κ3) is 3.42. The van der Waals surface area contributed by atoms with Gasteiger partial charge >= 0.3 is 0 Å². The van der Waals surface area contributed by atoms with E-state index < -0.39 is 11.6 Å². The summed E-state index contributed by atoms with van der Waals surface area (Å²) in [4.78, 5) is 27.8. The fraction of sp³-hybridized carbons (Fsp3) is 0.188. The molecule has 0 aliphatic heterocycles. The van der Waals surface area contributed by atoms with Crippen LogP contribution in [0.1, 0.15) is 33.7 Å². The number of nitrogens with zero attached hydrogens (tertiary/aromatic N) is 1. The highest BCUT2D eigenvalue weighted by Crippen LogP contribution is 2.16. The quantitative estimate of drug-likeness (QED) is 0.766. The first-order valence-corrected chi connectivity index (χ1v) is 6.26. The summed E-state index contributed by atoms with van der Waals surface area (Å²) >= 11 is 0. The number of Topliss-reactive ketones (excluding diaryl/α,β-unsaturated/α-hetero) is 2. The zero-order valence-corrected chi connectivity index (χ0v) is 11.4. The van der Waals surface area contributed by atoms with Gasteiger partial charge in [0.15, 0.2) is 23.0 Å². The fourth-order valence-corrected chi connectivity index (χ4v) is 1.83. The van der Waals surface area contributed by atoms with Gasteiger partial charge in [0.2, 0.25) is 0 Å². The molecule has 0 bridgehead atoms. The lowest BCUT2D eigenvalue weighted by atomic mass is 10.0. The molecule has 0 N–H and O–H groups in total. The van der Waals surface area contributed by atoms with E-state index in [2.05, 4.69) is 17.1 Å². The van der Waals surface area contributed by atoms with Crippen LogP contribution in [0.2, 0.25) is 0 Å². The minimum Gasteiger partial charge on any atom is -0.487 e. The summed E-state index contributed by atoms with van der Waals surface area (Å²) < 4.78 is 18.4. The summed E-state index contributed by atoms with van der Waals surface area (Å²) in [6, 6.07) is 10.9. The minimum atomic E-state index is -0.590. The van der Waals surface area contributed by atoms with Gasteiger partial charge in [0.05, 0.1) is 18.9 Å². The molecular formula is C16H12FNO3. The normalized spacial score (nSPS) is 9.81. The molecule has 0 fully saturated rings. The van der Waals surface area contributed by atoms with Gasteiger partial charge in [-0.1, -0.05) is 12.1 Å². The number of carbonyl (C=O) groups is 2. The van der Waals surface area contributed by atoms with Crippen molar-refractivity contribution in [1.82, 2.24) is 4.98 Å². The van der Waals surface area contributed by atoms with E-state index in [1.54, 1.807) is 6.07 Å². The number of benzene rings is 1. The number of carbonyl (C=O) groups excluding carboxylic acids is 2. The zero-order valence-electron chi connectivity index (χ0n) is 11.4. The molecule has 5 heteroatoms. The molecule has 106 valence electrons. The van der Waals surface area contributed by atoms with E-state index in [4.69, 9.17) is 4.74 Å². The van der Waals surface area contributed by atoms with E-state index in [-0.39, 0.29) is 35.6 Å². The van der Waals surface area contributed by atoms with Crippen molar-refractivity contribution in [2.45, 2.75) is 12.8 Å². The lowest BCUT2D eigenvalue weighted by Gasteiger charge is -2.04. The van der Waals surface area contributed by atoms with E-state index in [0.717, 1.165) is 0 Å². The monoisotopic (exact) mass is 285 g/mol. The summed E-state index contributed by atoms with van der Waals surface area (Å²) in [7, 11) is 1.39. The van der Waals surface area contributed by atoms with Crippen molar-refractivity contribution in [3.63, 3.8) is 0 Å². The second kappa shape index (κ2) is 6.62. The number of halogens is 1. The van der Waals surface area contributed by atoms with Crippen molar-refractivity contribution in [2.24, 2.45) is 0 Å². The highest BCUT2D eigenvalue weighted by molar-refractivity contribution is 6.02. The molecule has 0 atom stereocenters. The molecule has 1 aromatic carbocycles. The van der Waals surface area contributed by atoms with E-state index >= 15 is 0 Å². The smallest absolute Gasteiger partial charge is 0.199 e. The van der Waals surface area contributed by atoms with Crippen LogP contribution >= 0.6 is 0 Å². The van der Waals surface area contributed by atoms with Crippen LogP contribution in [-0.2, 0) is 0 Å². The van der Waals surface area contributed by atoms with Crippen LogP contribution in [0.3, 0.4) is 0 Å². The SMILES string of the molecule is COc1c#ccnc1C(=O)CCC(=O)c1ccccc1F. The second-order valence-corrected chi connectivity index (χ2v) is 4.24. The van der Waals surface area contributed by atoms with Gasteiger partial charge in [-0.2, -0.15) is 0 Å². The van der Waals surface area contributed by atoms with Gasteiger partial charge in [0.25, 0.3) is 0 Å². The molecule has 0 aliphatic carbocycles. The van der Waals surface area contributed by atoms with Crippen molar-refractivity contribution >= 4 is 11.6 Å². The summed E-state index contributed by atoms with van der Waals surface area (Å²) in [6.07, 6.45) is 1.13. The number of aromatic nitrogens is 1. The summed E-state index contributed by atoms with van der Waals surface area (Å²) in [5.41, 5.74) is 0.0794. The van der Waals surface area contributed by atoms with Crippen LogP contribution in [0.15, 0.2) is 30.5 Å². The first-order valence-electron chi connectivity index (χ1n) is 6.26. The molecule has 0 amide bonds. The van der Waals surface area contributed by atoms with Crippen LogP contribution in [-0.4, -0.2) is 23.7 Å². The van der Waals surface area contributed by atoms with Gasteiger partial charge in [-0.3, -0.25) is 9.59 Å². The van der Waals surface area contributed by atoms with Crippen molar-refractivity contribution in [3.8, 4) is 5.75 Å². The van der Waals surface area contributed by atoms with E-state index in [1.807, 2.05) is 0 Å². The largest absolute Gasteiger partial charge is 0.487 e. The predicted molar refractivity (Wildman–Crippen MR) is 72.8 cm³/mol.